The fourth-order valence-corrected chi connectivity index (χ4v) is 6.02. The lowest BCUT2D eigenvalue weighted by atomic mass is 9.95. The van der Waals surface area contributed by atoms with Crippen LogP contribution in [-0.4, -0.2) is 28.9 Å². The molecule has 1 unspecified atom stereocenters. The van der Waals surface area contributed by atoms with Gasteiger partial charge in [0.2, 0.25) is 0 Å². The number of aliphatic hydroxyl groups excluding tert-OH is 1. The van der Waals surface area contributed by atoms with Gasteiger partial charge in [-0.15, -0.1) is 0 Å². The third-order valence-corrected chi connectivity index (χ3v) is 8.03. The summed E-state index contributed by atoms with van der Waals surface area (Å²) in [5.41, 5.74) is 2.56. The summed E-state index contributed by atoms with van der Waals surface area (Å²) in [7, 11) is 1.54. The summed E-state index contributed by atoms with van der Waals surface area (Å²) < 4.78 is 12.0. The third-order valence-electron chi connectivity index (χ3n) is 6.78. The fourth-order valence-electron chi connectivity index (χ4n) is 4.75. The number of halogens is 1. The van der Waals surface area contributed by atoms with Crippen molar-refractivity contribution >= 4 is 55.7 Å². The van der Waals surface area contributed by atoms with Crippen molar-refractivity contribution in [3.63, 3.8) is 0 Å². The maximum absolute atomic E-state index is 13.6. The Kier molecular flexibility index (Phi) is 7.17. The van der Waals surface area contributed by atoms with E-state index < -0.39 is 17.7 Å². The van der Waals surface area contributed by atoms with Crippen molar-refractivity contribution in [3.05, 3.63) is 124 Å². The van der Waals surface area contributed by atoms with E-state index in [4.69, 9.17) is 21.1 Å². The molecular formula is C32H23ClN2O5S. The molecule has 1 aromatic heterocycles. The minimum atomic E-state index is -0.951. The number of ketones is 1. The van der Waals surface area contributed by atoms with E-state index in [1.54, 1.807) is 67.8 Å². The highest BCUT2D eigenvalue weighted by Crippen LogP contribution is 2.45. The monoisotopic (exact) mass is 582 g/mol. The van der Waals surface area contributed by atoms with Crippen molar-refractivity contribution in [1.29, 1.82) is 0 Å². The van der Waals surface area contributed by atoms with Gasteiger partial charge >= 0.3 is 5.91 Å². The maximum atomic E-state index is 13.6. The number of benzene rings is 4. The van der Waals surface area contributed by atoms with E-state index in [9.17, 15) is 14.7 Å². The fraction of sp³-hybridized carbons (Fsp3) is 0.0938. The van der Waals surface area contributed by atoms with Gasteiger partial charge in [-0.1, -0.05) is 65.4 Å². The maximum Gasteiger partial charge on any atom is 0.301 e. The molecule has 1 atom stereocenters. The first-order valence-corrected chi connectivity index (χ1v) is 13.9. The summed E-state index contributed by atoms with van der Waals surface area (Å²) in [6, 6.07) is 27.8. The summed E-state index contributed by atoms with van der Waals surface area (Å²) in [6.45, 7) is 0.342. The molecule has 6 rings (SSSR count). The van der Waals surface area contributed by atoms with E-state index >= 15 is 0 Å². The van der Waals surface area contributed by atoms with Gasteiger partial charge in [0.05, 0.1) is 28.9 Å². The third kappa shape index (κ3) is 5.15. The summed E-state index contributed by atoms with van der Waals surface area (Å²) in [5, 5.41) is 12.3. The zero-order chi connectivity index (χ0) is 28.5. The molecule has 1 fully saturated rings. The van der Waals surface area contributed by atoms with E-state index in [0.717, 1.165) is 10.3 Å². The summed E-state index contributed by atoms with van der Waals surface area (Å²) >= 11 is 7.43. The van der Waals surface area contributed by atoms with Crippen molar-refractivity contribution in [1.82, 2.24) is 4.98 Å². The lowest BCUT2D eigenvalue weighted by molar-refractivity contribution is -0.132. The first-order valence-electron chi connectivity index (χ1n) is 12.7. The van der Waals surface area contributed by atoms with Gasteiger partial charge in [0.25, 0.3) is 5.78 Å². The van der Waals surface area contributed by atoms with Gasteiger partial charge < -0.3 is 14.6 Å². The molecule has 0 radical (unpaired) electrons. The molecule has 9 heteroatoms. The van der Waals surface area contributed by atoms with Gasteiger partial charge in [-0.2, -0.15) is 0 Å². The molecule has 1 amide bonds. The molecular weight excluding hydrogens is 560 g/mol. The molecule has 0 aliphatic carbocycles. The summed E-state index contributed by atoms with van der Waals surface area (Å²) in [6.07, 6.45) is 0. The molecule has 0 saturated carbocycles. The second-order valence-electron chi connectivity index (χ2n) is 9.35. The Morgan fingerprint density at radius 2 is 1.73 bits per heavy atom. The number of anilines is 1. The smallest absolute Gasteiger partial charge is 0.301 e. The van der Waals surface area contributed by atoms with Gasteiger partial charge in [-0.25, -0.2) is 4.98 Å². The number of carbonyl (C=O) groups excluding carboxylic acids is 2. The summed E-state index contributed by atoms with van der Waals surface area (Å²) in [5.74, 6) is -0.743. The predicted octanol–water partition coefficient (Wildman–Crippen LogP) is 7.16. The van der Waals surface area contributed by atoms with Gasteiger partial charge in [0, 0.05) is 10.6 Å². The van der Waals surface area contributed by atoms with Crippen LogP contribution >= 0.6 is 22.9 Å². The highest BCUT2D eigenvalue weighted by Gasteiger charge is 2.48. The van der Waals surface area contributed by atoms with Crippen LogP contribution in [0.15, 0.2) is 103 Å². The first-order chi connectivity index (χ1) is 19.9. The molecule has 2 heterocycles. The molecule has 4 aromatic carbocycles. The molecule has 1 aliphatic heterocycles. The van der Waals surface area contributed by atoms with Crippen molar-refractivity contribution in [2.45, 2.75) is 12.6 Å². The van der Waals surface area contributed by atoms with Crippen LogP contribution in [0.25, 0.3) is 16.0 Å². The number of amides is 1. The Labute approximate surface area is 244 Å². The van der Waals surface area contributed by atoms with Crippen molar-refractivity contribution in [3.8, 4) is 11.5 Å². The van der Waals surface area contributed by atoms with E-state index in [2.05, 4.69) is 4.98 Å². The normalized spacial score (nSPS) is 16.3. The molecule has 5 aromatic rings. The van der Waals surface area contributed by atoms with Crippen LogP contribution in [0.2, 0.25) is 5.02 Å². The van der Waals surface area contributed by atoms with Crippen molar-refractivity contribution in [2.24, 2.45) is 0 Å². The van der Waals surface area contributed by atoms with Crippen molar-refractivity contribution < 1.29 is 24.2 Å². The Bertz CT molecular complexity index is 1800. The number of ether oxygens (including phenoxy) is 2. The lowest BCUT2D eigenvalue weighted by Crippen LogP contribution is -2.29. The van der Waals surface area contributed by atoms with Crippen LogP contribution in [0.4, 0.5) is 5.13 Å². The number of nitrogens with zero attached hydrogens (tertiary/aromatic N) is 2. The van der Waals surface area contributed by atoms with Gasteiger partial charge in [-0.3, -0.25) is 14.5 Å². The molecule has 1 saturated heterocycles. The minimum Gasteiger partial charge on any atom is -0.507 e. The zero-order valence-corrected chi connectivity index (χ0v) is 23.4. The van der Waals surface area contributed by atoms with Gasteiger partial charge in [0.15, 0.2) is 5.13 Å². The molecule has 0 spiro atoms. The molecule has 0 bridgehead atoms. The number of aliphatic hydroxyl groups is 1. The van der Waals surface area contributed by atoms with E-state index in [0.29, 0.717) is 44.9 Å². The lowest BCUT2D eigenvalue weighted by Gasteiger charge is -2.23. The largest absolute Gasteiger partial charge is 0.507 e. The zero-order valence-electron chi connectivity index (χ0n) is 21.8. The number of thiazole rings is 1. The van der Waals surface area contributed by atoms with Crippen LogP contribution in [0.5, 0.6) is 11.5 Å². The topological polar surface area (TPSA) is 89.0 Å². The Morgan fingerprint density at radius 1 is 0.951 bits per heavy atom. The number of hydrogen-bond donors (Lipinski definition) is 1. The van der Waals surface area contributed by atoms with E-state index in [-0.39, 0.29) is 11.3 Å². The number of aromatic nitrogens is 1. The molecule has 1 N–H and O–H groups in total. The molecule has 41 heavy (non-hydrogen) atoms. The highest BCUT2D eigenvalue weighted by atomic mass is 35.5. The Morgan fingerprint density at radius 3 is 2.49 bits per heavy atom. The van der Waals surface area contributed by atoms with E-state index in [1.807, 2.05) is 36.4 Å². The number of rotatable bonds is 7. The number of fused-ring (bicyclic) bond motifs is 1. The standard InChI is InChI=1S/C32H23ClN2O5S/c1-39-23-13-10-20(11-14-23)29(36)27-28(21-8-5-9-24(16-21)40-18-19-6-3-2-4-7-19)35(31(38)30(27)37)32-34-25-15-12-22(33)17-26(25)41-32/h2-17,28,36H,18H2,1H3. The Hall–Kier alpha value is -4.66. The number of carbonyl (C=O) groups is 2. The second kappa shape index (κ2) is 11.1. The number of Topliss-reactive ketones (excluding diaryl/α,β-unsaturated/α-hetero) is 1. The van der Waals surface area contributed by atoms with Gasteiger partial charge in [-0.05, 0) is 65.7 Å². The SMILES string of the molecule is COc1ccc(C(O)=C2C(=O)C(=O)N(c3nc4ccc(Cl)cc4s3)C2c2cccc(OCc3ccccc3)c2)cc1. The van der Waals surface area contributed by atoms with Crippen LogP contribution < -0.4 is 14.4 Å². The number of methoxy groups -OCH3 is 1. The molecule has 7 nitrogen and oxygen atoms in total. The average molecular weight is 583 g/mol. The highest BCUT2D eigenvalue weighted by molar-refractivity contribution is 7.22. The first kappa shape index (κ1) is 26.6. The van der Waals surface area contributed by atoms with Crippen LogP contribution in [0.1, 0.15) is 22.7 Å². The molecule has 1 aliphatic rings. The molecule has 204 valence electrons. The van der Waals surface area contributed by atoms with Gasteiger partial charge in [0.1, 0.15) is 23.9 Å². The van der Waals surface area contributed by atoms with Crippen LogP contribution in [-0.2, 0) is 16.2 Å². The van der Waals surface area contributed by atoms with Crippen LogP contribution in [0, 0.1) is 0 Å². The number of hydrogen-bond acceptors (Lipinski definition) is 7. The van der Waals surface area contributed by atoms with E-state index in [1.165, 1.54) is 16.2 Å². The summed E-state index contributed by atoms with van der Waals surface area (Å²) in [4.78, 5) is 33.1. The second-order valence-corrected chi connectivity index (χ2v) is 10.8. The quantitative estimate of drug-likeness (QED) is 0.124. The van der Waals surface area contributed by atoms with Crippen molar-refractivity contribution in [2.75, 3.05) is 12.0 Å². The minimum absolute atomic E-state index is 0.0438. The predicted molar refractivity (Wildman–Crippen MR) is 160 cm³/mol. The Balaban J connectivity index is 1.47. The van der Waals surface area contributed by atoms with Crippen LogP contribution in [0.3, 0.4) is 0 Å². The average Bonchev–Trinajstić information content (AvgIpc) is 3.53.